The van der Waals surface area contributed by atoms with E-state index in [1.807, 2.05) is 0 Å². The summed E-state index contributed by atoms with van der Waals surface area (Å²) in [6, 6.07) is 18.9. The molecule has 0 unspecified atom stereocenters. The minimum Gasteiger partial charge on any atom is -0.369 e. The SMILES string of the molecule is CC(C)N(CCCCCCN(c1ccc(NC2=CCCC=C2)cc1)C(C)C)c1ccc(NC2=CCCC=C2)cc1. The highest BCUT2D eigenvalue weighted by atomic mass is 15.2. The molecule has 0 bridgehead atoms. The van der Waals surface area contributed by atoms with Crippen LogP contribution in [0.1, 0.15) is 79.1 Å². The molecule has 0 heterocycles. The number of anilines is 4. The first-order valence-electron chi connectivity index (χ1n) is 15.5. The number of nitrogens with zero attached hydrogens (tertiary/aromatic N) is 2. The molecule has 0 radical (unpaired) electrons. The van der Waals surface area contributed by atoms with Crippen LogP contribution in [-0.2, 0) is 0 Å². The molecule has 2 aliphatic carbocycles. The summed E-state index contributed by atoms with van der Waals surface area (Å²) in [4.78, 5) is 5.08. The maximum atomic E-state index is 3.53. The highest BCUT2D eigenvalue weighted by Crippen LogP contribution is 2.25. The Balaban J connectivity index is 1.20. The van der Waals surface area contributed by atoms with Crippen LogP contribution in [0.2, 0.25) is 0 Å². The van der Waals surface area contributed by atoms with Crippen molar-refractivity contribution in [2.24, 2.45) is 0 Å². The van der Waals surface area contributed by atoms with Gasteiger partial charge in [-0.3, -0.25) is 0 Å². The van der Waals surface area contributed by atoms with Gasteiger partial charge in [-0.1, -0.05) is 37.1 Å². The maximum absolute atomic E-state index is 3.53. The van der Waals surface area contributed by atoms with Crippen LogP contribution in [-0.4, -0.2) is 25.2 Å². The molecule has 40 heavy (non-hydrogen) atoms. The monoisotopic (exact) mass is 538 g/mol. The van der Waals surface area contributed by atoms with Crippen LogP contribution < -0.4 is 20.4 Å². The van der Waals surface area contributed by atoms with Gasteiger partial charge in [0.1, 0.15) is 0 Å². The van der Waals surface area contributed by atoms with Gasteiger partial charge in [-0.25, -0.2) is 0 Å². The molecule has 0 saturated heterocycles. The zero-order chi connectivity index (χ0) is 28.2. The zero-order valence-corrected chi connectivity index (χ0v) is 25.2. The largest absolute Gasteiger partial charge is 0.369 e. The lowest BCUT2D eigenvalue weighted by molar-refractivity contribution is 0.578. The lowest BCUT2D eigenvalue weighted by atomic mass is 10.1. The Kier molecular flexibility index (Phi) is 11.4. The second-order valence-corrected chi connectivity index (χ2v) is 11.6. The minimum absolute atomic E-state index is 0.488. The van der Waals surface area contributed by atoms with E-state index in [4.69, 9.17) is 0 Å². The van der Waals surface area contributed by atoms with Crippen LogP contribution >= 0.6 is 0 Å². The Bertz CT molecular complexity index is 1060. The smallest absolute Gasteiger partial charge is 0.0385 e. The van der Waals surface area contributed by atoms with E-state index >= 15 is 0 Å². The summed E-state index contributed by atoms with van der Waals surface area (Å²) >= 11 is 0. The highest BCUT2D eigenvalue weighted by molar-refractivity contribution is 5.59. The molecule has 4 rings (SSSR count). The van der Waals surface area contributed by atoms with Crippen LogP contribution in [0.25, 0.3) is 0 Å². The van der Waals surface area contributed by atoms with E-state index in [0.717, 1.165) is 50.1 Å². The summed E-state index contributed by atoms with van der Waals surface area (Å²) < 4.78 is 0. The standard InChI is InChI=1S/C36H50N4/c1-29(2)39(35-23-19-33(20-24-35)37-31-15-9-7-10-16-31)27-13-5-6-14-28-40(30(3)4)36-25-21-34(22-26-36)38-32-17-11-8-12-18-32/h9,11,15-26,29-30,37-38H,5-8,10,12-14,27-28H2,1-4H3. The molecular formula is C36H50N4. The summed E-state index contributed by atoms with van der Waals surface area (Å²) in [6.07, 6.45) is 22.9. The van der Waals surface area contributed by atoms with Crippen LogP contribution in [0.3, 0.4) is 0 Å². The van der Waals surface area contributed by atoms with E-state index in [1.165, 1.54) is 48.5 Å². The number of hydrogen-bond donors (Lipinski definition) is 2. The van der Waals surface area contributed by atoms with Gasteiger partial charge in [0.15, 0.2) is 0 Å². The van der Waals surface area contributed by atoms with Gasteiger partial charge in [0.05, 0.1) is 0 Å². The average Bonchev–Trinajstić information content (AvgIpc) is 2.96. The van der Waals surface area contributed by atoms with Crippen molar-refractivity contribution in [2.45, 2.75) is 91.1 Å². The molecule has 0 spiro atoms. The van der Waals surface area contributed by atoms with E-state index in [9.17, 15) is 0 Å². The summed E-state index contributed by atoms with van der Waals surface area (Å²) in [5.41, 5.74) is 7.35. The van der Waals surface area contributed by atoms with Crippen molar-refractivity contribution in [3.05, 3.63) is 96.4 Å². The van der Waals surface area contributed by atoms with Gasteiger partial charge in [0, 0.05) is 59.3 Å². The average molecular weight is 539 g/mol. The molecule has 214 valence electrons. The number of allylic oxidation sites excluding steroid dienone is 6. The van der Waals surface area contributed by atoms with Gasteiger partial charge in [0.2, 0.25) is 0 Å². The van der Waals surface area contributed by atoms with Crippen molar-refractivity contribution in [1.82, 2.24) is 0 Å². The number of nitrogens with one attached hydrogen (secondary N) is 2. The molecule has 0 saturated carbocycles. The van der Waals surface area contributed by atoms with Crippen LogP contribution in [0.15, 0.2) is 96.4 Å². The van der Waals surface area contributed by atoms with E-state index in [0.29, 0.717) is 12.1 Å². The number of hydrogen-bond acceptors (Lipinski definition) is 4. The molecule has 0 aromatic heterocycles. The summed E-state index contributed by atoms with van der Waals surface area (Å²) in [5, 5.41) is 7.07. The maximum Gasteiger partial charge on any atom is 0.0385 e. The fourth-order valence-electron chi connectivity index (χ4n) is 5.51. The zero-order valence-electron chi connectivity index (χ0n) is 25.2. The molecule has 2 aromatic carbocycles. The first-order chi connectivity index (χ1) is 19.5. The summed E-state index contributed by atoms with van der Waals surface area (Å²) in [6.45, 7) is 11.4. The molecule has 2 N–H and O–H groups in total. The minimum atomic E-state index is 0.488. The second-order valence-electron chi connectivity index (χ2n) is 11.6. The normalized spacial score (nSPS) is 14.8. The first-order valence-corrected chi connectivity index (χ1v) is 15.5. The van der Waals surface area contributed by atoms with E-state index in [2.05, 4.69) is 133 Å². The summed E-state index contributed by atoms with van der Waals surface area (Å²) in [7, 11) is 0. The molecule has 2 aromatic rings. The molecule has 2 aliphatic rings. The van der Waals surface area contributed by atoms with Crippen molar-refractivity contribution in [3.63, 3.8) is 0 Å². The van der Waals surface area contributed by atoms with Crippen molar-refractivity contribution < 1.29 is 0 Å². The Morgan fingerprint density at radius 1 is 0.550 bits per heavy atom. The fraction of sp³-hybridized carbons (Fsp3) is 0.444. The first kappa shape index (κ1) is 29.6. The van der Waals surface area contributed by atoms with Crippen molar-refractivity contribution in [1.29, 1.82) is 0 Å². The Morgan fingerprint density at radius 3 is 1.27 bits per heavy atom. The molecule has 4 heteroatoms. The topological polar surface area (TPSA) is 30.5 Å². The van der Waals surface area contributed by atoms with Crippen LogP contribution in [0.4, 0.5) is 22.7 Å². The predicted molar refractivity (Wildman–Crippen MR) is 176 cm³/mol. The Morgan fingerprint density at radius 2 is 0.950 bits per heavy atom. The number of unbranched alkanes of at least 4 members (excludes halogenated alkanes) is 3. The Hall–Kier alpha value is -3.40. The van der Waals surface area contributed by atoms with Gasteiger partial charge in [-0.05, 0) is 127 Å². The lowest BCUT2D eigenvalue weighted by Crippen LogP contribution is -2.32. The quantitative estimate of drug-likeness (QED) is 0.221. The molecule has 0 fully saturated rings. The molecule has 4 nitrogen and oxygen atoms in total. The van der Waals surface area contributed by atoms with Crippen molar-refractivity contribution in [3.8, 4) is 0 Å². The third kappa shape index (κ3) is 9.08. The molecule has 0 amide bonds. The van der Waals surface area contributed by atoms with E-state index in [-0.39, 0.29) is 0 Å². The second kappa shape index (κ2) is 15.4. The molecule has 0 aliphatic heterocycles. The Labute approximate surface area is 243 Å². The van der Waals surface area contributed by atoms with Gasteiger partial charge in [-0.2, -0.15) is 0 Å². The number of rotatable bonds is 15. The molecular weight excluding hydrogens is 488 g/mol. The predicted octanol–water partition coefficient (Wildman–Crippen LogP) is 9.67. The van der Waals surface area contributed by atoms with Crippen LogP contribution in [0, 0.1) is 0 Å². The van der Waals surface area contributed by atoms with Gasteiger partial charge >= 0.3 is 0 Å². The van der Waals surface area contributed by atoms with Gasteiger partial charge < -0.3 is 20.4 Å². The lowest BCUT2D eigenvalue weighted by Gasteiger charge is -2.30. The van der Waals surface area contributed by atoms with Crippen molar-refractivity contribution >= 4 is 22.7 Å². The van der Waals surface area contributed by atoms with Crippen LogP contribution in [0.5, 0.6) is 0 Å². The van der Waals surface area contributed by atoms with E-state index < -0.39 is 0 Å². The summed E-state index contributed by atoms with van der Waals surface area (Å²) in [5.74, 6) is 0. The highest BCUT2D eigenvalue weighted by Gasteiger charge is 2.12. The van der Waals surface area contributed by atoms with Gasteiger partial charge in [-0.15, -0.1) is 0 Å². The third-order valence-electron chi connectivity index (χ3n) is 7.76. The fourth-order valence-corrected chi connectivity index (χ4v) is 5.51. The van der Waals surface area contributed by atoms with Crippen molar-refractivity contribution in [2.75, 3.05) is 33.5 Å². The third-order valence-corrected chi connectivity index (χ3v) is 7.76. The molecule has 0 atom stereocenters. The van der Waals surface area contributed by atoms with E-state index in [1.54, 1.807) is 0 Å². The number of benzene rings is 2. The van der Waals surface area contributed by atoms with Gasteiger partial charge in [0.25, 0.3) is 0 Å².